The summed E-state index contributed by atoms with van der Waals surface area (Å²) in [6.07, 6.45) is 0. The molecule has 0 unspecified atom stereocenters. The van der Waals surface area contributed by atoms with Crippen molar-refractivity contribution in [2.24, 2.45) is 0 Å². The number of amides is 1. The Morgan fingerprint density at radius 2 is 1.84 bits per heavy atom. The largest absolute Gasteiger partial charge is 0.494 e. The zero-order valence-corrected chi connectivity index (χ0v) is 21.0. The Labute approximate surface area is 217 Å². The number of methoxy groups -OCH3 is 1. The first-order valence-electron chi connectivity index (χ1n) is 11.6. The highest BCUT2D eigenvalue weighted by atomic mass is 35.5. The Balaban J connectivity index is 1.60. The zero-order chi connectivity index (χ0) is 26.3. The minimum atomic E-state index is -1.19. The van der Waals surface area contributed by atoms with Crippen molar-refractivity contribution >= 4 is 34.5 Å². The highest BCUT2D eigenvalue weighted by molar-refractivity contribution is 6.34. The summed E-state index contributed by atoms with van der Waals surface area (Å²) in [5.74, 6) is -1.50. The number of piperazine rings is 1. The summed E-state index contributed by atoms with van der Waals surface area (Å²) >= 11 is 6.61. The Bertz CT molecular complexity index is 1530. The SMILES string of the molecule is COc1cc2nc(-c3cccc(Cl)c3-c3ccc(C(=O)N4CCN(C)CC4)cc3C(=O)O)[nH]c2cc1F. The molecule has 0 bridgehead atoms. The van der Waals surface area contributed by atoms with Crippen molar-refractivity contribution in [1.82, 2.24) is 19.8 Å². The van der Waals surface area contributed by atoms with Crippen molar-refractivity contribution in [2.45, 2.75) is 0 Å². The van der Waals surface area contributed by atoms with Gasteiger partial charge in [0.25, 0.3) is 5.91 Å². The van der Waals surface area contributed by atoms with Crippen LogP contribution in [0.5, 0.6) is 5.75 Å². The molecule has 37 heavy (non-hydrogen) atoms. The van der Waals surface area contributed by atoms with E-state index >= 15 is 0 Å². The third-order valence-corrected chi connectivity index (χ3v) is 6.90. The van der Waals surface area contributed by atoms with Gasteiger partial charge in [0.15, 0.2) is 11.6 Å². The summed E-state index contributed by atoms with van der Waals surface area (Å²) in [5.41, 5.74) is 2.47. The highest BCUT2D eigenvalue weighted by Crippen LogP contribution is 2.39. The van der Waals surface area contributed by atoms with Crippen LogP contribution < -0.4 is 4.74 Å². The number of aromatic nitrogens is 2. The molecule has 1 fully saturated rings. The number of imidazole rings is 1. The molecule has 190 valence electrons. The summed E-state index contributed by atoms with van der Waals surface area (Å²) in [4.78, 5) is 37.0. The number of hydrogen-bond donors (Lipinski definition) is 2. The fraction of sp³-hybridized carbons (Fsp3) is 0.222. The van der Waals surface area contributed by atoms with Gasteiger partial charge in [-0.15, -0.1) is 0 Å². The second-order valence-electron chi connectivity index (χ2n) is 8.91. The van der Waals surface area contributed by atoms with Gasteiger partial charge < -0.3 is 24.6 Å². The Morgan fingerprint density at radius 3 is 2.54 bits per heavy atom. The summed E-state index contributed by atoms with van der Waals surface area (Å²) in [6.45, 7) is 2.66. The molecule has 10 heteroatoms. The number of fused-ring (bicyclic) bond motifs is 1. The number of carbonyl (C=O) groups excluding carboxylic acids is 1. The highest BCUT2D eigenvalue weighted by Gasteiger charge is 2.25. The summed E-state index contributed by atoms with van der Waals surface area (Å²) < 4.78 is 19.3. The van der Waals surface area contributed by atoms with Gasteiger partial charge in [-0.2, -0.15) is 0 Å². The number of nitrogens with one attached hydrogen (secondary N) is 1. The van der Waals surface area contributed by atoms with Crippen molar-refractivity contribution in [3.8, 4) is 28.3 Å². The summed E-state index contributed by atoms with van der Waals surface area (Å²) in [5, 5.41) is 10.4. The van der Waals surface area contributed by atoms with Crippen LogP contribution in [0.1, 0.15) is 20.7 Å². The summed E-state index contributed by atoms with van der Waals surface area (Å²) in [6, 6.07) is 12.5. The van der Waals surface area contributed by atoms with Gasteiger partial charge in [-0.25, -0.2) is 14.2 Å². The van der Waals surface area contributed by atoms with Gasteiger partial charge in [0.1, 0.15) is 5.82 Å². The number of nitrogens with zero attached hydrogens (tertiary/aromatic N) is 3. The second kappa shape index (κ2) is 9.84. The molecule has 1 saturated heterocycles. The van der Waals surface area contributed by atoms with E-state index in [1.54, 1.807) is 35.2 Å². The number of H-pyrrole nitrogens is 1. The normalized spacial score (nSPS) is 14.2. The number of benzene rings is 3. The average Bonchev–Trinajstić information content (AvgIpc) is 3.30. The maximum Gasteiger partial charge on any atom is 0.336 e. The lowest BCUT2D eigenvalue weighted by atomic mass is 9.93. The minimum absolute atomic E-state index is 0.0573. The van der Waals surface area contributed by atoms with E-state index in [-0.39, 0.29) is 17.2 Å². The van der Waals surface area contributed by atoms with Crippen molar-refractivity contribution in [3.63, 3.8) is 0 Å². The lowest BCUT2D eigenvalue weighted by Gasteiger charge is -2.32. The van der Waals surface area contributed by atoms with Crippen LogP contribution in [0.3, 0.4) is 0 Å². The molecule has 2 N–H and O–H groups in total. The molecule has 3 aromatic carbocycles. The quantitative estimate of drug-likeness (QED) is 0.391. The molecule has 8 nitrogen and oxygen atoms in total. The third-order valence-electron chi connectivity index (χ3n) is 6.58. The van der Waals surface area contributed by atoms with Crippen LogP contribution in [0.4, 0.5) is 4.39 Å². The maximum atomic E-state index is 14.2. The van der Waals surface area contributed by atoms with Crippen molar-refractivity contribution in [1.29, 1.82) is 0 Å². The molecule has 0 saturated carbocycles. The smallest absolute Gasteiger partial charge is 0.336 e. The molecule has 1 aliphatic rings. The number of aromatic amines is 1. The van der Waals surface area contributed by atoms with Crippen LogP contribution in [-0.4, -0.2) is 77.1 Å². The van der Waals surface area contributed by atoms with Gasteiger partial charge in [-0.3, -0.25) is 4.79 Å². The fourth-order valence-electron chi connectivity index (χ4n) is 4.55. The van der Waals surface area contributed by atoms with Crippen molar-refractivity contribution in [3.05, 3.63) is 70.5 Å². The van der Waals surface area contributed by atoms with Gasteiger partial charge in [-0.1, -0.05) is 29.8 Å². The Hall–Kier alpha value is -3.95. The van der Waals surface area contributed by atoms with E-state index in [9.17, 15) is 19.1 Å². The first kappa shape index (κ1) is 24.7. The number of likely N-dealkylation sites (N-methyl/N-ethyl adjacent to an activating group) is 1. The fourth-order valence-corrected chi connectivity index (χ4v) is 4.83. The van der Waals surface area contributed by atoms with Crippen LogP contribution in [0, 0.1) is 5.82 Å². The standard InChI is InChI=1S/C27H24ClFN4O4/c1-32-8-10-33(11-9-32)26(34)15-6-7-16(18(12-15)27(35)36)24-17(4-3-5-19(24)28)25-30-21-13-20(29)23(37-2)14-22(21)31-25/h3-7,12-14H,8-11H2,1-2H3,(H,30,31)(H,35,36). The van der Waals surface area contributed by atoms with Crippen LogP contribution in [0.25, 0.3) is 33.5 Å². The summed E-state index contributed by atoms with van der Waals surface area (Å²) in [7, 11) is 3.37. The number of halogens is 2. The lowest BCUT2D eigenvalue weighted by Crippen LogP contribution is -2.47. The second-order valence-corrected chi connectivity index (χ2v) is 9.32. The van der Waals surface area contributed by atoms with E-state index in [1.165, 1.54) is 25.3 Å². The average molecular weight is 523 g/mol. The number of hydrogen-bond acceptors (Lipinski definition) is 5. The van der Waals surface area contributed by atoms with Crippen molar-refractivity contribution < 1.29 is 23.8 Å². The van der Waals surface area contributed by atoms with E-state index in [4.69, 9.17) is 16.3 Å². The van der Waals surface area contributed by atoms with E-state index in [1.807, 2.05) is 7.05 Å². The minimum Gasteiger partial charge on any atom is -0.494 e. The number of carboxylic acid groups (broad SMARTS) is 1. The van der Waals surface area contributed by atoms with Gasteiger partial charge in [-0.05, 0) is 30.8 Å². The molecule has 1 amide bonds. The molecule has 0 atom stereocenters. The topological polar surface area (TPSA) is 98.8 Å². The van der Waals surface area contributed by atoms with E-state index < -0.39 is 11.8 Å². The number of carboxylic acids is 1. The van der Waals surface area contributed by atoms with E-state index in [2.05, 4.69) is 14.9 Å². The molecular formula is C27H24ClFN4O4. The monoisotopic (exact) mass is 522 g/mol. The molecule has 5 rings (SSSR count). The zero-order valence-electron chi connectivity index (χ0n) is 20.2. The molecule has 4 aromatic rings. The first-order valence-corrected chi connectivity index (χ1v) is 12.0. The predicted octanol–water partition coefficient (Wildman–Crippen LogP) is 4.78. The predicted molar refractivity (Wildman–Crippen MR) is 139 cm³/mol. The Morgan fingerprint density at radius 1 is 1.08 bits per heavy atom. The van der Waals surface area contributed by atoms with Crippen LogP contribution >= 0.6 is 11.6 Å². The molecule has 2 heterocycles. The molecule has 0 aliphatic carbocycles. The van der Waals surface area contributed by atoms with Gasteiger partial charge in [0, 0.05) is 60.0 Å². The molecule has 0 spiro atoms. The number of ether oxygens (including phenoxy) is 1. The molecule has 1 aromatic heterocycles. The lowest BCUT2D eigenvalue weighted by molar-refractivity contribution is 0.0664. The first-order chi connectivity index (χ1) is 17.8. The number of rotatable bonds is 5. The molecular weight excluding hydrogens is 499 g/mol. The van der Waals surface area contributed by atoms with Gasteiger partial charge in [0.2, 0.25) is 0 Å². The van der Waals surface area contributed by atoms with Crippen LogP contribution in [-0.2, 0) is 0 Å². The number of aromatic carboxylic acids is 1. The molecule has 1 aliphatic heterocycles. The van der Waals surface area contributed by atoms with E-state index in [0.29, 0.717) is 57.2 Å². The van der Waals surface area contributed by atoms with Crippen molar-refractivity contribution in [2.75, 3.05) is 40.3 Å². The molecule has 0 radical (unpaired) electrons. The van der Waals surface area contributed by atoms with Crippen LogP contribution in [0.15, 0.2) is 48.5 Å². The van der Waals surface area contributed by atoms with Gasteiger partial charge in [0.05, 0.1) is 23.7 Å². The van der Waals surface area contributed by atoms with Crippen LogP contribution in [0.2, 0.25) is 5.02 Å². The van der Waals surface area contributed by atoms with Gasteiger partial charge >= 0.3 is 5.97 Å². The number of carbonyl (C=O) groups is 2. The van der Waals surface area contributed by atoms with E-state index in [0.717, 1.165) is 13.1 Å². The maximum absolute atomic E-state index is 14.2. The third kappa shape index (κ3) is 4.63. The Kier molecular flexibility index (Phi) is 6.57.